The number of amides is 3. The van der Waals surface area contributed by atoms with Gasteiger partial charge in [-0.2, -0.15) is 0 Å². The molecule has 0 radical (unpaired) electrons. The third-order valence-electron chi connectivity index (χ3n) is 4.38. The number of carbonyl (C=O) groups excluding carboxylic acids is 3. The van der Waals surface area contributed by atoms with E-state index in [4.69, 9.17) is 0 Å². The van der Waals surface area contributed by atoms with E-state index < -0.39 is 6.23 Å². The molecule has 2 aliphatic heterocycles. The highest BCUT2D eigenvalue weighted by Gasteiger charge is 2.39. The minimum absolute atomic E-state index is 0.0897. The summed E-state index contributed by atoms with van der Waals surface area (Å²) in [4.78, 5) is 37.9. The van der Waals surface area contributed by atoms with Gasteiger partial charge in [-0.15, -0.1) is 11.8 Å². The Hall–Kier alpha value is -1.34. The van der Waals surface area contributed by atoms with E-state index in [1.165, 1.54) is 42.7 Å². The molecule has 7 heteroatoms. The molecule has 6 nitrogen and oxygen atoms in total. The summed E-state index contributed by atoms with van der Waals surface area (Å²) in [6.45, 7) is 2.50. The lowest BCUT2D eigenvalue weighted by Gasteiger charge is -2.23. The number of nitrogens with zero attached hydrogens (tertiary/aromatic N) is 2. The molecule has 1 N–H and O–H groups in total. The van der Waals surface area contributed by atoms with Crippen LogP contribution >= 0.6 is 11.8 Å². The lowest BCUT2D eigenvalue weighted by molar-refractivity contribution is -0.140. The first-order valence-corrected chi connectivity index (χ1v) is 9.73. The third-order valence-corrected chi connectivity index (χ3v) is 5.70. The average Bonchev–Trinajstić information content (AvgIpc) is 3.01. The topological polar surface area (TPSA) is 77.9 Å². The first-order valence-electron chi connectivity index (χ1n) is 8.68. The zero-order valence-corrected chi connectivity index (χ0v) is 15.0. The van der Waals surface area contributed by atoms with E-state index in [1.54, 1.807) is 11.8 Å². The molecule has 0 spiro atoms. The number of carbonyl (C=O) groups is 3. The number of aliphatic hydroxyl groups is 1. The number of hydrogen-bond acceptors (Lipinski definition) is 5. The summed E-state index contributed by atoms with van der Waals surface area (Å²) >= 11 is 1.61. The van der Waals surface area contributed by atoms with Crippen molar-refractivity contribution in [2.75, 3.05) is 18.8 Å². The van der Waals surface area contributed by atoms with E-state index in [1.807, 2.05) is 0 Å². The molecule has 1 saturated heterocycles. The van der Waals surface area contributed by atoms with Crippen molar-refractivity contribution in [1.29, 1.82) is 0 Å². The van der Waals surface area contributed by atoms with Gasteiger partial charge in [-0.1, -0.05) is 32.6 Å². The van der Waals surface area contributed by atoms with Crippen LogP contribution in [0.25, 0.3) is 0 Å². The van der Waals surface area contributed by atoms with E-state index in [0.717, 1.165) is 17.1 Å². The van der Waals surface area contributed by atoms with Crippen LogP contribution in [0, 0.1) is 0 Å². The van der Waals surface area contributed by atoms with Crippen molar-refractivity contribution >= 4 is 29.5 Å². The van der Waals surface area contributed by atoms with E-state index in [0.29, 0.717) is 6.42 Å². The normalized spacial score (nSPS) is 23.8. The van der Waals surface area contributed by atoms with Crippen LogP contribution in [0.3, 0.4) is 0 Å². The molecule has 2 atom stereocenters. The second-order valence-electron chi connectivity index (χ2n) is 6.18. The molecule has 1 fully saturated rings. The van der Waals surface area contributed by atoms with Crippen molar-refractivity contribution in [2.45, 2.75) is 56.9 Å². The van der Waals surface area contributed by atoms with Crippen LogP contribution in [0.1, 0.15) is 45.4 Å². The Morgan fingerprint density at radius 1 is 1.08 bits per heavy atom. The van der Waals surface area contributed by atoms with Crippen molar-refractivity contribution in [1.82, 2.24) is 9.80 Å². The smallest absolute Gasteiger partial charge is 0.253 e. The summed E-state index contributed by atoms with van der Waals surface area (Å²) in [5, 5.41) is 9.88. The van der Waals surface area contributed by atoms with Gasteiger partial charge in [0.2, 0.25) is 5.91 Å². The first kappa shape index (κ1) is 19.0. The lowest BCUT2D eigenvalue weighted by Crippen LogP contribution is -2.42. The van der Waals surface area contributed by atoms with Crippen LogP contribution in [0.4, 0.5) is 0 Å². The molecule has 2 rings (SSSR count). The first-order chi connectivity index (χ1) is 11.5. The molecule has 0 aromatic rings. The second-order valence-corrected chi connectivity index (χ2v) is 7.49. The van der Waals surface area contributed by atoms with Crippen molar-refractivity contribution in [3.05, 3.63) is 12.2 Å². The van der Waals surface area contributed by atoms with E-state index in [-0.39, 0.29) is 36.1 Å². The fourth-order valence-electron chi connectivity index (χ4n) is 2.94. The van der Waals surface area contributed by atoms with Crippen molar-refractivity contribution in [3.63, 3.8) is 0 Å². The molecular weight excluding hydrogens is 328 g/mol. The van der Waals surface area contributed by atoms with Gasteiger partial charge in [0.1, 0.15) is 6.23 Å². The summed E-state index contributed by atoms with van der Waals surface area (Å²) in [5.41, 5.74) is 0. The molecule has 134 valence electrons. The Balaban J connectivity index is 1.72. The monoisotopic (exact) mass is 354 g/mol. The largest absolute Gasteiger partial charge is 0.373 e. The van der Waals surface area contributed by atoms with Crippen molar-refractivity contribution < 1.29 is 19.5 Å². The molecule has 0 aromatic heterocycles. The number of likely N-dealkylation sites (tertiary alicyclic amines) is 1. The zero-order chi connectivity index (χ0) is 17.5. The van der Waals surface area contributed by atoms with Gasteiger partial charge >= 0.3 is 0 Å². The fraction of sp³-hybridized carbons (Fsp3) is 0.706. The van der Waals surface area contributed by atoms with Crippen LogP contribution in [-0.4, -0.2) is 62.9 Å². The molecule has 24 heavy (non-hydrogen) atoms. The predicted octanol–water partition coefficient (Wildman–Crippen LogP) is 1.53. The third kappa shape index (κ3) is 4.83. The van der Waals surface area contributed by atoms with Crippen LogP contribution in [-0.2, 0) is 14.4 Å². The van der Waals surface area contributed by atoms with Crippen LogP contribution < -0.4 is 0 Å². The molecule has 0 aliphatic carbocycles. The Labute approximate surface area is 147 Å². The number of aliphatic hydroxyl groups excluding tert-OH is 1. The van der Waals surface area contributed by atoms with Gasteiger partial charge in [0.25, 0.3) is 11.8 Å². The Morgan fingerprint density at radius 2 is 1.75 bits per heavy atom. The molecule has 2 heterocycles. The van der Waals surface area contributed by atoms with Crippen LogP contribution in [0.2, 0.25) is 0 Å². The lowest BCUT2D eigenvalue weighted by atomic mass is 10.2. The maximum atomic E-state index is 12.4. The van der Waals surface area contributed by atoms with Crippen LogP contribution in [0.15, 0.2) is 12.2 Å². The van der Waals surface area contributed by atoms with Gasteiger partial charge in [0.05, 0.1) is 5.25 Å². The standard InChI is InChI=1S/C17H26N2O4S/c1-2-3-4-5-6-11-24-13-12-16(22)19(17(13)23)10-9-18-14(20)7-8-15(18)21/h7-8,13,16,22H,2-6,9-12H2,1H3. The summed E-state index contributed by atoms with van der Waals surface area (Å²) in [6.07, 6.45) is 8.01. The van der Waals surface area contributed by atoms with E-state index in [2.05, 4.69) is 6.92 Å². The van der Waals surface area contributed by atoms with Gasteiger partial charge in [-0.25, -0.2) is 0 Å². The van der Waals surface area contributed by atoms with Crippen molar-refractivity contribution in [2.24, 2.45) is 0 Å². The molecular formula is C17H26N2O4S. The molecule has 0 aromatic carbocycles. The quantitative estimate of drug-likeness (QED) is 0.475. The summed E-state index contributed by atoms with van der Waals surface area (Å²) in [5.74, 6) is 0.111. The van der Waals surface area contributed by atoms with Gasteiger partial charge in [0.15, 0.2) is 0 Å². The zero-order valence-electron chi connectivity index (χ0n) is 14.1. The molecule has 2 aliphatic rings. The van der Waals surface area contributed by atoms with Gasteiger partial charge < -0.3 is 10.0 Å². The maximum absolute atomic E-state index is 12.4. The highest BCUT2D eigenvalue weighted by molar-refractivity contribution is 8.00. The average molecular weight is 354 g/mol. The molecule has 2 unspecified atom stereocenters. The number of unbranched alkanes of at least 4 members (excludes halogenated alkanes) is 4. The van der Waals surface area contributed by atoms with Gasteiger partial charge in [-0.05, 0) is 12.2 Å². The summed E-state index contributed by atoms with van der Waals surface area (Å²) in [6, 6.07) is 0. The van der Waals surface area contributed by atoms with Crippen molar-refractivity contribution in [3.8, 4) is 0 Å². The molecule has 0 bridgehead atoms. The molecule has 3 amide bonds. The second kappa shape index (κ2) is 9.22. The summed E-state index contributed by atoms with van der Waals surface area (Å²) in [7, 11) is 0. The van der Waals surface area contributed by atoms with Gasteiger partial charge in [-0.3, -0.25) is 19.3 Å². The number of imide groups is 1. The van der Waals surface area contributed by atoms with E-state index >= 15 is 0 Å². The SMILES string of the molecule is CCCCCCCSC1CC(O)N(CCN2C(=O)C=CC2=O)C1=O. The Bertz CT molecular complexity index is 491. The number of thioether (sulfide) groups is 1. The Kier molecular flexibility index (Phi) is 7.30. The fourth-order valence-corrected chi connectivity index (χ4v) is 4.18. The highest BCUT2D eigenvalue weighted by atomic mass is 32.2. The van der Waals surface area contributed by atoms with Gasteiger partial charge in [0, 0.05) is 31.7 Å². The number of hydrogen-bond donors (Lipinski definition) is 1. The Morgan fingerprint density at radius 3 is 2.42 bits per heavy atom. The summed E-state index contributed by atoms with van der Waals surface area (Å²) < 4.78 is 0. The number of rotatable bonds is 10. The minimum Gasteiger partial charge on any atom is -0.373 e. The maximum Gasteiger partial charge on any atom is 0.253 e. The van der Waals surface area contributed by atoms with E-state index in [9.17, 15) is 19.5 Å². The highest BCUT2D eigenvalue weighted by Crippen LogP contribution is 2.28. The molecule has 0 saturated carbocycles. The minimum atomic E-state index is -0.823. The van der Waals surface area contributed by atoms with Crippen LogP contribution in [0.5, 0.6) is 0 Å². The predicted molar refractivity (Wildman–Crippen MR) is 93.2 cm³/mol.